The molecule has 24 heavy (non-hydrogen) atoms. The molecule has 0 unspecified atom stereocenters. The fourth-order valence-electron chi connectivity index (χ4n) is 3.78. The first kappa shape index (κ1) is 16.7. The van der Waals surface area contributed by atoms with Crippen molar-refractivity contribution < 1.29 is 10.0 Å². The standard InChI is InChI=1S/C17H22N4O3/c18-9-13-3-4-16(21(23)24)17(8-13)20-6-1-2-14(11-20)10-19-7-5-15(22)12-19/h3-4,8,14-15,22H,1-2,5-7,10-12H2/t14-,15+/m1/s1. The molecule has 7 heteroatoms. The Hall–Kier alpha value is -2.17. The number of aliphatic hydroxyl groups is 1. The van der Waals surface area contributed by atoms with E-state index in [1.165, 1.54) is 12.1 Å². The van der Waals surface area contributed by atoms with E-state index in [-0.39, 0.29) is 16.7 Å². The van der Waals surface area contributed by atoms with Crippen molar-refractivity contribution in [3.63, 3.8) is 0 Å². The molecule has 2 aliphatic heterocycles. The molecule has 128 valence electrons. The number of rotatable bonds is 4. The summed E-state index contributed by atoms with van der Waals surface area (Å²) in [5, 5.41) is 30.1. The summed E-state index contributed by atoms with van der Waals surface area (Å²) in [5.41, 5.74) is 1.05. The van der Waals surface area contributed by atoms with Crippen LogP contribution in [0.15, 0.2) is 18.2 Å². The van der Waals surface area contributed by atoms with E-state index >= 15 is 0 Å². The van der Waals surface area contributed by atoms with Crippen molar-refractivity contribution in [1.29, 1.82) is 5.26 Å². The highest BCUT2D eigenvalue weighted by Crippen LogP contribution is 2.32. The number of hydrogen-bond donors (Lipinski definition) is 1. The van der Waals surface area contributed by atoms with Crippen LogP contribution >= 0.6 is 0 Å². The molecule has 2 fully saturated rings. The first-order valence-corrected chi connectivity index (χ1v) is 8.40. The van der Waals surface area contributed by atoms with Gasteiger partial charge in [-0.2, -0.15) is 5.26 Å². The minimum atomic E-state index is -0.378. The van der Waals surface area contributed by atoms with Crippen molar-refractivity contribution in [2.24, 2.45) is 5.92 Å². The highest BCUT2D eigenvalue weighted by molar-refractivity contribution is 5.66. The zero-order valence-electron chi connectivity index (χ0n) is 13.6. The van der Waals surface area contributed by atoms with E-state index in [2.05, 4.69) is 11.0 Å². The molecule has 2 aliphatic rings. The van der Waals surface area contributed by atoms with Crippen LogP contribution < -0.4 is 4.90 Å². The molecule has 2 saturated heterocycles. The van der Waals surface area contributed by atoms with Crippen molar-refractivity contribution in [3.05, 3.63) is 33.9 Å². The second kappa shape index (κ2) is 7.16. The summed E-state index contributed by atoms with van der Waals surface area (Å²) < 4.78 is 0. The average Bonchev–Trinajstić information content (AvgIpc) is 2.99. The van der Waals surface area contributed by atoms with Crippen LogP contribution in [0.1, 0.15) is 24.8 Å². The fourth-order valence-corrected chi connectivity index (χ4v) is 3.78. The van der Waals surface area contributed by atoms with Gasteiger partial charge in [-0.05, 0) is 37.3 Å². The largest absolute Gasteiger partial charge is 0.392 e. The molecule has 1 N–H and O–H groups in total. The Balaban J connectivity index is 1.74. The maximum Gasteiger partial charge on any atom is 0.292 e. The van der Waals surface area contributed by atoms with Gasteiger partial charge in [0.1, 0.15) is 5.69 Å². The van der Waals surface area contributed by atoms with Gasteiger partial charge in [0.15, 0.2) is 0 Å². The first-order chi connectivity index (χ1) is 11.6. The number of likely N-dealkylation sites (tertiary alicyclic amines) is 1. The third-order valence-electron chi connectivity index (χ3n) is 4.92. The Morgan fingerprint density at radius 3 is 2.83 bits per heavy atom. The Kier molecular flexibility index (Phi) is 4.97. The van der Waals surface area contributed by atoms with Crippen LogP contribution in [0, 0.1) is 27.4 Å². The highest BCUT2D eigenvalue weighted by atomic mass is 16.6. The van der Waals surface area contributed by atoms with E-state index in [1.54, 1.807) is 6.07 Å². The Morgan fingerprint density at radius 1 is 1.33 bits per heavy atom. The van der Waals surface area contributed by atoms with E-state index in [9.17, 15) is 15.2 Å². The maximum absolute atomic E-state index is 11.3. The third kappa shape index (κ3) is 3.66. The van der Waals surface area contributed by atoms with Gasteiger partial charge in [0.05, 0.1) is 22.7 Å². The summed E-state index contributed by atoms with van der Waals surface area (Å²) >= 11 is 0. The number of anilines is 1. The molecule has 3 rings (SSSR count). The molecule has 0 radical (unpaired) electrons. The molecule has 1 aromatic rings. The summed E-state index contributed by atoms with van der Waals surface area (Å²) in [6.45, 7) is 4.08. The van der Waals surface area contributed by atoms with Crippen LogP contribution in [0.25, 0.3) is 0 Å². The average molecular weight is 330 g/mol. The van der Waals surface area contributed by atoms with E-state index < -0.39 is 0 Å². The minimum absolute atomic E-state index is 0.0613. The Labute approximate surface area is 141 Å². The zero-order valence-corrected chi connectivity index (χ0v) is 13.6. The summed E-state index contributed by atoms with van der Waals surface area (Å²) in [5.74, 6) is 0.425. The quantitative estimate of drug-likeness (QED) is 0.668. The minimum Gasteiger partial charge on any atom is -0.392 e. The number of nitrogens with zero attached hydrogens (tertiary/aromatic N) is 4. The van der Waals surface area contributed by atoms with Crippen molar-refractivity contribution in [2.75, 3.05) is 37.6 Å². The van der Waals surface area contributed by atoms with Crippen LogP contribution in [-0.4, -0.2) is 53.8 Å². The van der Waals surface area contributed by atoms with Gasteiger partial charge in [0.2, 0.25) is 0 Å². The van der Waals surface area contributed by atoms with Gasteiger partial charge in [-0.15, -0.1) is 0 Å². The molecule has 7 nitrogen and oxygen atoms in total. The number of hydrogen-bond acceptors (Lipinski definition) is 6. The van der Waals surface area contributed by atoms with Gasteiger partial charge >= 0.3 is 0 Å². The Bertz CT molecular complexity index is 658. The van der Waals surface area contributed by atoms with Crippen molar-refractivity contribution in [1.82, 2.24) is 4.90 Å². The van der Waals surface area contributed by atoms with E-state index in [1.807, 2.05) is 4.90 Å². The van der Waals surface area contributed by atoms with Gasteiger partial charge in [-0.25, -0.2) is 0 Å². The lowest BCUT2D eigenvalue weighted by atomic mass is 9.96. The number of benzene rings is 1. The second-order valence-corrected chi connectivity index (χ2v) is 6.73. The fraction of sp³-hybridized carbons (Fsp3) is 0.588. The predicted octanol–water partition coefficient (Wildman–Crippen LogP) is 1.75. The molecular formula is C17H22N4O3. The van der Waals surface area contributed by atoms with E-state index in [0.29, 0.717) is 17.2 Å². The van der Waals surface area contributed by atoms with Gasteiger partial charge in [0, 0.05) is 38.8 Å². The lowest BCUT2D eigenvalue weighted by Gasteiger charge is -2.35. The topological polar surface area (TPSA) is 93.6 Å². The molecule has 0 aliphatic carbocycles. The molecule has 0 bridgehead atoms. The lowest BCUT2D eigenvalue weighted by Crippen LogP contribution is -2.41. The summed E-state index contributed by atoms with van der Waals surface area (Å²) in [7, 11) is 0. The molecule has 0 saturated carbocycles. The molecule has 2 heterocycles. The van der Waals surface area contributed by atoms with Crippen molar-refractivity contribution in [2.45, 2.75) is 25.4 Å². The normalized spacial score (nSPS) is 24.8. The number of β-amino-alcohol motifs (C(OH)–C–C–N with tert-alkyl or cyclic N) is 1. The lowest BCUT2D eigenvalue weighted by molar-refractivity contribution is -0.384. The monoisotopic (exact) mass is 330 g/mol. The number of piperidine rings is 1. The van der Waals surface area contributed by atoms with Gasteiger partial charge in [0.25, 0.3) is 5.69 Å². The zero-order chi connectivity index (χ0) is 17.1. The summed E-state index contributed by atoms with van der Waals surface area (Å²) in [6, 6.07) is 6.61. The number of aliphatic hydroxyl groups excluding tert-OH is 1. The smallest absolute Gasteiger partial charge is 0.292 e. The first-order valence-electron chi connectivity index (χ1n) is 8.40. The second-order valence-electron chi connectivity index (χ2n) is 6.73. The van der Waals surface area contributed by atoms with Crippen LogP contribution in [0.3, 0.4) is 0 Å². The SMILES string of the molecule is N#Cc1ccc([N+](=O)[O-])c(N2CCC[C@H](CN3CC[C@H](O)C3)C2)c1. The molecule has 0 spiro atoms. The van der Waals surface area contributed by atoms with Crippen molar-refractivity contribution in [3.8, 4) is 6.07 Å². The molecule has 1 aromatic carbocycles. The highest BCUT2D eigenvalue weighted by Gasteiger charge is 2.29. The van der Waals surface area contributed by atoms with Crippen LogP contribution in [0.2, 0.25) is 0 Å². The third-order valence-corrected chi connectivity index (χ3v) is 4.92. The van der Waals surface area contributed by atoms with Gasteiger partial charge in [-0.1, -0.05) is 0 Å². The summed E-state index contributed by atoms with van der Waals surface area (Å²) in [6.07, 6.45) is 2.67. The van der Waals surface area contributed by atoms with Crippen LogP contribution in [0.4, 0.5) is 11.4 Å². The van der Waals surface area contributed by atoms with E-state index in [0.717, 1.165) is 52.0 Å². The molecule has 0 aromatic heterocycles. The molecule has 2 atom stereocenters. The van der Waals surface area contributed by atoms with Crippen molar-refractivity contribution >= 4 is 11.4 Å². The molecule has 0 amide bonds. The predicted molar refractivity (Wildman–Crippen MR) is 89.8 cm³/mol. The van der Waals surface area contributed by atoms with Gasteiger partial charge in [-0.3, -0.25) is 10.1 Å². The number of nitriles is 1. The van der Waals surface area contributed by atoms with Gasteiger partial charge < -0.3 is 14.9 Å². The Morgan fingerprint density at radius 2 is 2.17 bits per heavy atom. The van der Waals surface area contributed by atoms with Crippen LogP contribution in [-0.2, 0) is 0 Å². The van der Waals surface area contributed by atoms with Crippen LogP contribution in [0.5, 0.6) is 0 Å². The maximum atomic E-state index is 11.3. The summed E-state index contributed by atoms with van der Waals surface area (Å²) in [4.78, 5) is 15.3. The van der Waals surface area contributed by atoms with E-state index in [4.69, 9.17) is 5.26 Å². The molecular weight excluding hydrogens is 308 g/mol. The number of nitro benzene ring substituents is 1. The number of nitro groups is 1.